The summed E-state index contributed by atoms with van der Waals surface area (Å²) < 4.78 is 5.66. The maximum absolute atomic E-state index is 11.0. The van der Waals surface area contributed by atoms with Crippen LogP contribution in [0.3, 0.4) is 0 Å². The Kier molecular flexibility index (Phi) is 5.06. The summed E-state index contributed by atoms with van der Waals surface area (Å²) in [5, 5.41) is 11.0. The predicted molar refractivity (Wildman–Crippen MR) is 81.7 cm³/mol. The first-order chi connectivity index (χ1) is 9.63. The largest absolute Gasteiger partial charge is 0.493 e. The number of para-hydroxylation sites is 1. The summed E-state index contributed by atoms with van der Waals surface area (Å²) >= 11 is 0. The lowest BCUT2D eigenvalue weighted by Gasteiger charge is -2.43. The molecule has 0 heterocycles. The van der Waals surface area contributed by atoms with Crippen LogP contribution in [-0.2, 0) is 0 Å². The number of ether oxygens (including phenoxy) is 1. The number of rotatable bonds is 5. The Hall–Kier alpha value is -1.06. The van der Waals surface area contributed by atoms with Crippen LogP contribution < -0.4 is 10.5 Å². The highest BCUT2D eigenvalue weighted by Crippen LogP contribution is 2.48. The van der Waals surface area contributed by atoms with Gasteiger partial charge in [-0.3, -0.25) is 0 Å². The molecule has 0 aliphatic heterocycles. The molecule has 3 nitrogen and oxygen atoms in total. The molecule has 20 heavy (non-hydrogen) atoms. The van der Waals surface area contributed by atoms with Crippen molar-refractivity contribution in [2.75, 3.05) is 13.2 Å². The van der Waals surface area contributed by atoms with E-state index in [4.69, 9.17) is 10.5 Å². The Morgan fingerprint density at radius 1 is 1.45 bits per heavy atom. The fraction of sp³-hybridized carbons (Fsp3) is 0.647. The summed E-state index contributed by atoms with van der Waals surface area (Å²) in [7, 11) is 0. The fourth-order valence-electron chi connectivity index (χ4n) is 3.57. The minimum absolute atomic E-state index is 0.204. The van der Waals surface area contributed by atoms with Gasteiger partial charge in [-0.1, -0.05) is 38.0 Å². The molecule has 0 bridgehead atoms. The van der Waals surface area contributed by atoms with E-state index in [1.165, 1.54) is 6.42 Å². The fourth-order valence-corrected chi connectivity index (χ4v) is 3.57. The van der Waals surface area contributed by atoms with Crippen molar-refractivity contribution >= 4 is 0 Å². The molecule has 1 aromatic carbocycles. The van der Waals surface area contributed by atoms with E-state index in [1.54, 1.807) is 0 Å². The molecule has 0 amide bonds. The molecule has 3 atom stereocenters. The van der Waals surface area contributed by atoms with E-state index in [2.05, 4.69) is 6.92 Å². The van der Waals surface area contributed by atoms with Gasteiger partial charge in [0.1, 0.15) is 5.75 Å². The van der Waals surface area contributed by atoms with E-state index in [0.29, 0.717) is 19.1 Å². The van der Waals surface area contributed by atoms with Crippen LogP contribution in [0.15, 0.2) is 24.3 Å². The molecular formula is C17H27NO2. The number of nitrogens with two attached hydrogens (primary N) is 1. The SMILES string of the molecule is CCOc1ccccc1C(O)C1(CN)CCCC(C)C1. The normalized spacial score (nSPS) is 28.1. The number of hydrogen-bond donors (Lipinski definition) is 2. The van der Waals surface area contributed by atoms with Crippen molar-refractivity contribution in [3.05, 3.63) is 29.8 Å². The molecule has 1 aliphatic carbocycles. The second kappa shape index (κ2) is 6.59. The molecule has 1 saturated carbocycles. The highest BCUT2D eigenvalue weighted by Gasteiger charge is 2.41. The molecule has 0 spiro atoms. The average molecular weight is 277 g/mol. The van der Waals surface area contributed by atoms with Crippen LogP contribution in [0.1, 0.15) is 51.2 Å². The van der Waals surface area contributed by atoms with Crippen molar-refractivity contribution in [1.82, 2.24) is 0 Å². The van der Waals surface area contributed by atoms with Crippen LogP contribution in [-0.4, -0.2) is 18.3 Å². The monoisotopic (exact) mass is 277 g/mol. The molecule has 0 aromatic heterocycles. The lowest BCUT2D eigenvalue weighted by atomic mass is 9.65. The maximum Gasteiger partial charge on any atom is 0.125 e. The molecule has 3 unspecified atom stereocenters. The Balaban J connectivity index is 2.30. The average Bonchev–Trinajstić information content (AvgIpc) is 2.47. The van der Waals surface area contributed by atoms with Crippen LogP contribution in [0, 0.1) is 11.3 Å². The third-order valence-corrected chi connectivity index (χ3v) is 4.63. The van der Waals surface area contributed by atoms with Crippen LogP contribution in [0.2, 0.25) is 0 Å². The lowest BCUT2D eigenvalue weighted by Crippen LogP contribution is -2.40. The van der Waals surface area contributed by atoms with Crippen molar-refractivity contribution in [1.29, 1.82) is 0 Å². The van der Waals surface area contributed by atoms with E-state index < -0.39 is 6.10 Å². The first-order valence-electron chi connectivity index (χ1n) is 7.73. The van der Waals surface area contributed by atoms with E-state index in [9.17, 15) is 5.11 Å². The van der Waals surface area contributed by atoms with Gasteiger partial charge in [0.2, 0.25) is 0 Å². The minimum Gasteiger partial charge on any atom is -0.493 e. The predicted octanol–water partition coefficient (Wildman–Crippen LogP) is 3.27. The van der Waals surface area contributed by atoms with Crippen LogP contribution in [0.25, 0.3) is 0 Å². The molecule has 3 heteroatoms. The molecular weight excluding hydrogens is 250 g/mol. The lowest BCUT2D eigenvalue weighted by molar-refractivity contribution is -0.0145. The van der Waals surface area contributed by atoms with Crippen molar-refractivity contribution in [3.63, 3.8) is 0 Å². The van der Waals surface area contributed by atoms with Crippen LogP contribution in [0.5, 0.6) is 5.75 Å². The Morgan fingerprint density at radius 3 is 2.85 bits per heavy atom. The van der Waals surface area contributed by atoms with E-state index in [-0.39, 0.29) is 5.41 Å². The molecule has 1 aromatic rings. The van der Waals surface area contributed by atoms with Gasteiger partial charge in [-0.15, -0.1) is 0 Å². The topological polar surface area (TPSA) is 55.5 Å². The summed E-state index contributed by atoms with van der Waals surface area (Å²) in [5.41, 5.74) is 6.74. The Labute approximate surface area is 122 Å². The van der Waals surface area contributed by atoms with Gasteiger partial charge in [0.05, 0.1) is 12.7 Å². The Morgan fingerprint density at radius 2 is 2.20 bits per heavy atom. The Bertz CT molecular complexity index is 435. The second-order valence-corrected chi connectivity index (χ2v) is 6.14. The van der Waals surface area contributed by atoms with Gasteiger partial charge in [-0.2, -0.15) is 0 Å². The van der Waals surface area contributed by atoms with E-state index in [0.717, 1.165) is 30.6 Å². The van der Waals surface area contributed by atoms with Gasteiger partial charge in [-0.05, 0) is 31.7 Å². The summed E-state index contributed by atoms with van der Waals surface area (Å²) in [6, 6.07) is 7.79. The van der Waals surface area contributed by atoms with Gasteiger partial charge >= 0.3 is 0 Å². The summed E-state index contributed by atoms with van der Waals surface area (Å²) in [4.78, 5) is 0. The number of hydrogen-bond acceptors (Lipinski definition) is 3. The highest BCUT2D eigenvalue weighted by atomic mass is 16.5. The molecule has 0 saturated heterocycles. The molecule has 1 fully saturated rings. The molecule has 0 radical (unpaired) electrons. The standard InChI is InChI=1S/C17H27NO2/c1-3-20-15-9-5-4-8-14(15)16(19)17(12-18)10-6-7-13(2)11-17/h4-5,8-9,13,16,19H,3,6-7,10-12,18H2,1-2H3. The number of aliphatic hydroxyl groups is 1. The number of aliphatic hydroxyl groups excluding tert-OH is 1. The summed E-state index contributed by atoms with van der Waals surface area (Å²) in [6.45, 7) is 5.35. The zero-order valence-corrected chi connectivity index (χ0v) is 12.6. The third-order valence-electron chi connectivity index (χ3n) is 4.63. The zero-order valence-electron chi connectivity index (χ0n) is 12.6. The van der Waals surface area contributed by atoms with Gasteiger partial charge < -0.3 is 15.6 Å². The first kappa shape index (κ1) is 15.3. The molecule has 112 valence electrons. The summed E-state index contributed by atoms with van der Waals surface area (Å²) in [5.74, 6) is 1.41. The minimum atomic E-state index is -0.544. The van der Waals surface area contributed by atoms with Gasteiger partial charge in [0.25, 0.3) is 0 Å². The van der Waals surface area contributed by atoms with Gasteiger partial charge in [0.15, 0.2) is 0 Å². The maximum atomic E-state index is 11.0. The van der Waals surface area contributed by atoms with Crippen molar-refractivity contribution in [3.8, 4) is 5.75 Å². The summed E-state index contributed by atoms with van der Waals surface area (Å²) in [6.07, 6.45) is 3.83. The van der Waals surface area contributed by atoms with Crippen molar-refractivity contribution in [2.45, 2.75) is 45.6 Å². The van der Waals surface area contributed by atoms with Crippen LogP contribution >= 0.6 is 0 Å². The van der Waals surface area contributed by atoms with Crippen LogP contribution in [0.4, 0.5) is 0 Å². The van der Waals surface area contributed by atoms with Crippen molar-refractivity contribution in [2.24, 2.45) is 17.1 Å². The molecule has 2 rings (SSSR count). The third kappa shape index (κ3) is 2.99. The quantitative estimate of drug-likeness (QED) is 0.868. The highest BCUT2D eigenvalue weighted by molar-refractivity contribution is 5.36. The van der Waals surface area contributed by atoms with E-state index in [1.807, 2.05) is 31.2 Å². The first-order valence-corrected chi connectivity index (χ1v) is 7.73. The van der Waals surface area contributed by atoms with Gasteiger partial charge in [-0.25, -0.2) is 0 Å². The smallest absolute Gasteiger partial charge is 0.125 e. The van der Waals surface area contributed by atoms with E-state index >= 15 is 0 Å². The zero-order chi connectivity index (χ0) is 14.6. The second-order valence-electron chi connectivity index (χ2n) is 6.14. The van der Waals surface area contributed by atoms with Gasteiger partial charge in [0, 0.05) is 17.5 Å². The number of benzene rings is 1. The van der Waals surface area contributed by atoms with Crippen molar-refractivity contribution < 1.29 is 9.84 Å². The molecule has 1 aliphatic rings. The molecule has 3 N–H and O–H groups in total.